The van der Waals surface area contributed by atoms with Crippen molar-refractivity contribution in [2.75, 3.05) is 34.0 Å². The molecule has 1 N–H and O–H groups in total. The second-order valence-electron chi connectivity index (χ2n) is 6.55. The number of amides is 1. The highest BCUT2D eigenvalue weighted by molar-refractivity contribution is 5.80. The Labute approximate surface area is 178 Å². The van der Waals surface area contributed by atoms with Gasteiger partial charge in [0, 0.05) is 13.7 Å². The molecular weight excluding hydrogens is 382 g/mol. The topological polar surface area (TPSA) is 66.0 Å². The van der Waals surface area contributed by atoms with Gasteiger partial charge in [-0.2, -0.15) is 0 Å². The number of ether oxygens (including phenoxy) is 4. The Morgan fingerprint density at radius 2 is 1.80 bits per heavy atom. The van der Waals surface area contributed by atoms with E-state index in [0.717, 1.165) is 12.0 Å². The fourth-order valence-corrected chi connectivity index (χ4v) is 2.79. The first-order chi connectivity index (χ1) is 14.6. The first kappa shape index (κ1) is 23.1. The van der Waals surface area contributed by atoms with Gasteiger partial charge < -0.3 is 24.3 Å². The van der Waals surface area contributed by atoms with Gasteiger partial charge in [0.2, 0.25) is 0 Å². The molecule has 0 radical (unpaired) electrons. The fraction of sp³-hybridized carbons (Fsp3) is 0.375. The zero-order valence-corrected chi connectivity index (χ0v) is 17.8. The van der Waals surface area contributed by atoms with Crippen LogP contribution in [0.15, 0.2) is 42.5 Å². The minimum absolute atomic E-state index is 0.142. The summed E-state index contributed by atoms with van der Waals surface area (Å²) >= 11 is 0. The summed E-state index contributed by atoms with van der Waals surface area (Å²) in [5.74, 6) is 4.11. The van der Waals surface area contributed by atoms with Crippen LogP contribution in [-0.4, -0.2) is 46.0 Å². The van der Waals surface area contributed by atoms with E-state index in [1.807, 2.05) is 42.5 Å². The van der Waals surface area contributed by atoms with E-state index in [2.05, 4.69) is 18.2 Å². The molecule has 0 saturated carbocycles. The fourth-order valence-electron chi connectivity index (χ4n) is 2.79. The van der Waals surface area contributed by atoms with Crippen molar-refractivity contribution in [1.29, 1.82) is 0 Å². The molecule has 0 aromatic heterocycles. The summed E-state index contributed by atoms with van der Waals surface area (Å²) in [6, 6.07) is 13.4. The molecule has 0 fully saturated rings. The number of aryl methyl sites for hydroxylation is 1. The van der Waals surface area contributed by atoms with Crippen molar-refractivity contribution < 1.29 is 23.7 Å². The molecule has 0 bridgehead atoms. The van der Waals surface area contributed by atoms with E-state index in [9.17, 15) is 4.79 Å². The van der Waals surface area contributed by atoms with Crippen molar-refractivity contribution in [3.63, 3.8) is 0 Å². The van der Waals surface area contributed by atoms with Gasteiger partial charge >= 0.3 is 0 Å². The zero-order chi connectivity index (χ0) is 21.8. The highest BCUT2D eigenvalue weighted by Gasteiger charge is 2.18. The predicted octanol–water partition coefficient (Wildman–Crippen LogP) is 3.02. The Balaban J connectivity index is 1.82. The van der Waals surface area contributed by atoms with Crippen molar-refractivity contribution in [2.45, 2.75) is 25.9 Å². The molecule has 0 aliphatic rings. The van der Waals surface area contributed by atoms with E-state index in [0.29, 0.717) is 30.2 Å². The number of carbonyl (C=O) groups excluding carboxylic acids is 1. The molecule has 2 rings (SSSR count). The molecule has 6 heteroatoms. The average Bonchev–Trinajstić information content (AvgIpc) is 2.78. The van der Waals surface area contributed by atoms with Crippen LogP contribution in [-0.2, 0) is 22.4 Å². The molecular formula is C24H29NO5. The van der Waals surface area contributed by atoms with Crippen molar-refractivity contribution in [3.05, 3.63) is 53.6 Å². The smallest absolute Gasteiger partial charge is 0.252 e. The maximum absolute atomic E-state index is 12.4. The van der Waals surface area contributed by atoms with Crippen LogP contribution in [0.25, 0.3) is 0 Å². The zero-order valence-electron chi connectivity index (χ0n) is 17.8. The van der Waals surface area contributed by atoms with Crippen LogP contribution < -0.4 is 19.5 Å². The lowest BCUT2D eigenvalue weighted by molar-refractivity contribution is -0.132. The lowest BCUT2D eigenvalue weighted by Crippen LogP contribution is -2.40. The predicted molar refractivity (Wildman–Crippen MR) is 116 cm³/mol. The number of benzene rings is 2. The van der Waals surface area contributed by atoms with Crippen LogP contribution in [0.2, 0.25) is 0 Å². The van der Waals surface area contributed by atoms with E-state index in [-0.39, 0.29) is 19.1 Å². The monoisotopic (exact) mass is 411 g/mol. The highest BCUT2D eigenvalue weighted by Crippen LogP contribution is 2.28. The average molecular weight is 411 g/mol. The largest absolute Gasteiger partial charge is 0.493 e. The molecule has 6 nitrogen and oxygen atoms in total. The summed E-state index contributed by atoms with van der Waals surface area (Å²) in [4.78, 5) is 12.4. The number of rotatable bonds is 12. The van der Waals surface area contributed by atoms with Crippen molar-refractivity contribution in [3.8, 4) is 29.6 Å². The molecule has 0 aliphatic heterocycles. The van der Waals surface area contributed by atoms with E-state index < -0.39 is 6.10 Å². The second-order valence-corrected chi connectivity index (χ2v) is 6.55. The molecule has 160 valence electrons. The van der Waals surface area contributed by atoms with Gasteiger partial charge in [0.15, 0.2) is 17.6 Å². The van der Waals surface area contributed by atoms with Gasteiger partial charge in [-0.15, -0.1) is 6.42 Å². The number of hydrogen-bond donors (Lipinski definition) is 1. The molecule has 0 saturated heterocycles. The van der Waals surface area contributed by atoms with Crippen molar-refractivity contribution >= 4 is 5.91 Å². The molecule has 2 aromatic rings. The van der Waals surface area contributed by atoms with Gasteiger partial charge in [-0.1, -0.05) is 31.0 Å². The van der Waals surface area contributed by atoms with Crippen LogP contribution >= 0.6 is 0 Å². The quantitative estimate of drug-likeness (QED) is 0.544. The van der Waals surface area contributed by atoms with Gasteiger partial charge in [-0.25, -0.2) is 0 Å². The summed E-state index contributed by atoms with van der Waals surface area (Å²) in [6.07, 6.45) is 6.13. The van der Waals surface area contributed by atoms with Crippen LogP contribution in [0.1, 0.15) is 18.1 Å². The Kier molecular flexibility index (Phi) is 9.56. The number of nitrogens with one attached hydrogen (secondary N) is 1. The number of carbonyl (C=O) groups is 1. The van der Waals surface area contributed by atoms with Gasteiger partial charge in [-0.3, -0.25) is 4.79 Å². The lowest BCUT2D eigenvalue weighted by Gasteiger charge is -2.16. The van der Waals surface area contributed by atoms with Gasteiger partial charge in [0.1, 0.15) is 19.0 Å². The van der Waals surface area contributed by atoms with Gasteiger partial charge in [-0.05, 0) is 48.2 Å². The van der Waals surface area contributed by atoms with E-state index in [4.69, 9.17) is 25.4 Å². The van der Waals surface area contributed by atoms with Crippen molar-refractivity contribution in [2.24, 2.45) is 0 Å². The maximum Gasteiger partial charge on any atom is 0.252 e. The second kappa shape index (κ2) is 12.4. The summed E-state index contributed by atoms with van der Waals surface area (Å²) in [5, 5.41) is 2.88. The van der Waals surface area contributed by atoms with Gasteiger partial charge in [0.05, 0.1) is 7.11 Å². The molecule has 0 unspecified atom stereocenters. The first-order valence-corrected chi connectivity index (χ1v) is 9.86. The third-order valence-corrected chi connectivity index (χ3v) is 4.56. The summed E-state index contributed by atoms with van der Waals surface area (Å²) in [7, 11) is 3.07. The van der Waals surface area contributed by atoms with E-state index in [1.54, 1.807) is 7.11 Å². The Morgan fingerprint density at radius 3 is 2.43 bits per heavy atom. The summed E-state index contributed by atoms with van der Waals surface area (Å²) < 4.78 is 21.7. The molecule has 1 amide bonds. The Bertz CT molecular complexity index is 842. The number of hydrogen-bond acceptors (Lipinski definition) is 5. The standard InChI is InChI=1S/C24H29NO5/c1-5-15-29-21-12-9-19(16-22(21)27-3)13-14-25-24(26)23(28-4)17-30-20-10-7-18(6-2)8-11-20/h1,7-12,16,23H,6,13-15,17H2,2-4H3,(H,25,26)/t23-/m1/s1. The minimum atomic E-state index is -0.690. The number of methoxy groups -OCH3 is 2. The Morgan fingerprint density at radius 1 is 1.07 bits per heavy atom. The summed E-state index contributed by atoms with van der Waals surface area (Å²) in [6.45, 7) is 2.87. The molecule has 0 aliphatic carbocycles. The van der Waals surface area contributed by atoms with E-state index in [1.165, 1.54) is 12.7 Å². The number of terminal acetylenes is 1. The molecule has 0 heterocycles. The first-order valence-electron chi connectivity index (χ1n) is 9.86. The van der Waals surface area contributed by atoms with E-state index >= 15 is 0 Å². The molecule has 30 heavy (non-hydrogen) atoms. The van der Waals surface area contributed by atoms with Crippen molar-refractivity contribution in [1.82, 2.24) is 5.32 Å². The van der Waals surface area contributed by atoms with Crippen LogP contribution in [0.3, 0.4) is 0 Å². The van der Waals surface area contributed by atoms with Crippen LogP contribution in [0, 0.1) is 12.3 Å². The van der Waals surface area contributed by atoms with Crippen LogP contribution in [0.4, 0.5) is 0 Å². The minimum Gasteiger partial charge on any atom is -0.493 e. The molecule has 2 aromatic carbocycles. The molecule has 0 spiro atoms. The summed E-state index contributed by atoms with van der Waals surface area (Å²) in [5.41, 5.74) is 2.23. The highest BCUT2D eigenvalue weighted by atomic mass is 16.5. The van der Waals surface area contributed by atoms with Gasteiger partial charge in [0.25, 0.3) is 5.91 Å². The molecule has 1 atom stereocenters. The third-order valence-electron chi connectivity index (χ3n) is 4.56. The maximum atomic E-state index is 12.4. The normalized spacial score (nSPS) is 11.3. The van der Waals surface area contributed by atoms with Crippen LogP contribution in [0.5, 0.6) is 17.2 Å². The Hall–Kier alpha value is -3.17. The lowest BCUT2D eigenvalue weighted by atomic mass is 10.1. The SMILES string of the molecule is C#CCOc1ccc(CCNC(=O)[C@@H](COc2ccc(CC)cc2)OC)cc1OC. The third kappa shape index (κ3) is 7.02.